The van der Waals surface area contributed by atoms with Crippen LogP contribution < -0.4 is 14.8 Å². The van der Waals surface area contributed by atoms with Crippen LogP contribution in [0, 0.1) is 11.8 Å². The zero-order valence-corrected chi connectivity index (χ0v) is 13.6. The quantitative estimate of drug-likeness (QED) is 0.861. The van der Waals surface area contributed by atoms with Gasteiger partial charge in [-0.15, -0.1) is 0 Å². The fourth-order valence-corrected chi connectivity index (χ4v) is 3.37. The van der Waals surface area contributed by atoms with Crippen LogP contribution >= 0.6 is 0 Å². The minimum atomic E-state index is -0.788. The molecule has 24 heavy (non-hydrogen) atoms. The molecule has 0 aromatic heterocycles. The Morgan fingerprint density at radius 2 is 1.88 bits per heavy atom. The van der Waals surface area contributed by atoms with Crippen molar-refractivity contribution in [3.05, 3.63) is 23.8 Å². The second kappa shape index (κ2) is 7.55. The molecule has 1 aliphatic heterocycles. The summed E-state index contributed by atoms with van der Waals surface area (Å²) in [6, 6.07) is 5.81. The van der Waals surface area contributed by atoms with Gasteiger partial charge in [0.05, 0.1) is 5.92 Å². The first-order valence-corrected chi connectivity index (χ1v) is 8.52. The normalized spacial score (nSPS) is 22.7. The van der Waals surface area contributed by atoms with Crippen molar-refractivity contribution in [3.63, 3.8) is 0 Å². The zero-order chi connectivity index (χ0) is 16.9. The topological polar surface area (TPSA) is 84.9 Å². The highest BCUT2D eigenvalue weighted by atomic mass is 16.6. The van der Waals surface area contributed by atoms with Crippen LogP contribution in [-0.2, 0) is 16.0 Å². The molecule has 0 radical (unpaired) electrons. The van der Waals surface area contributed by atoms with E-state index in [9.17, 15) is 9.59 Å². The predicted octanol–water partition coefficient (Wildman–Crippen LogP) is 2.01. The van der Waals surface area contributed by atoms with Crippen molar-refractivity contribution in [2.24, 2.45) is 11.8 Å². The number of carboxylic acid groups (broad SMARTS) is 1. The van der Waals surface area contributed by atoms with Crippen molar-refractivity contribution in [2.45, 2.75) is 32.1 Å². The van der Waals surface area contributed by atoms with Crippen molar-refractivity contribution in [1.29, 1.82) is 0 Å². The Labute approximate surface area is 141 Å². The van der Waals surface area contributed by atoms with Gasteiger partial charge in [0.25, 0.3) is 0 Å². The first-order chi connectivity index (χ1) is 11.6. The molecule has 6 heteroatoms. The summed E-state index contributed by atoms with van der Waals surface area (Å²) in [6.45, 7) is 1.66. The third-order valence-corrected chi connectivity index (χ3v) is 4.71. The molecule has 0 bridgehead atoms. The van der Waals surface area contributed by atoms with Crippen LogP contribution in [0.5, 0.6) is 11.5 Å². The highest BCUT2D eigenvalue weighted by molar-refractivity contribution is 5.80. The average molecular weight is 333 g/mol. The number of carbonyl (C=O) groups is 2. The Bertz CT molecular complexity index is 615. The Balaban J connectivity index is 1.47. The molecule has 0 spiro atoms. The number of ether oxygens (including phenoxy) is 2. The smallest absolute Gasteiger partial charge is 0.306 e. The summed E-state index contributed by atoms with van der Waals surface area (Å²) in [5, 5.41) is 12.0. The molecule has 1 aliphatic carbocycles. The third kappa shape index (κ3) is 3.99. The molecule has 3 rings (SSSR count). The summed E-state index contributed by atoms with van der Waals surface area (Å²) in [7, 11) is 0. The molecule has 2 aliphatic rings. The number of nitrogens with one attached hydrogen (secondary N) is 1. The van der Waals surface area contributed by atoms with Gasteiger partial charge in [-0.25, -0.2) is 0 Å². The minimum Gasteiger partial charge on any atom is -0.486 e. The van der Waals surface area contributed by atoms with E-state index in [0.717, 1.165) is 29.9 Å². The highest BCUT2D eigenvalue weighted by Gasteiger charge is 2.30. The average Bonchev–Trinajstić information content (AvgIpc) is 2.61. The number of rotatable bonds is 5. The number of fused-ring (bicyclic) bond motifs is 1. The summed E-state index contributed by atoms with van der Waals surface area (Å²) >= 11 is 0. The molecule has 130 valence electrons. The van der Waals surface area contributed by atoms with E-state index in [2.05, 4.69) is 5.32 Å². The van der Waals surface area contributed by atoms with Crippen LogP contribution in [-0.4, -0.2) is 36.7 Å². The van der Waals surface area contributed by atoms with Crippen molar-refractivity contribution in [2.75, 3.05) is 19.8 Å². The molecular formula is C18H23NO5. The van der Waals surface area contributed by atoms with E-state index in [1.807, 2.05) is 18.2 Å². The van der Waals surface area contributed by atoms with Crippen LogP contribution in [0.15, 0.2) is 18.2 Å². The van der Waals surface area contributed by atoms with Gasteiger partial charge >= 0.3 is 5.97 Å². The summed E-state index contributed by atoms with van der Waals surface area (Å²) in [4.78, 5) is 23.3. The van der Waals surface area contributed by atoms with Crippen LogP contribution in [0.2, 0.25) is 0 Å². The van der Waals surface area contributed by atoms with Gasteiger partial charge in [-0.05, 0) is 43.4 Å². The number of amides is 1. The van der Waals surface area contributed by atoms with Gasteiger partial charge in [0, 0.05) is 12.5 Å². The third-order valence-electron chi connectivity index (χ3n) is 4.71. The standard InChI is InChI=1S/C18H23NO5/c20-17(13-2-1-3-14(11-13)18(21)22)19-7-6-12-4-5-15-16(10-12)24-9-8-23-15/h4-5,10,13-14H,1-3,6-9,11H2,(H,19,20)(H,21,22)/t13-,14-/m0/s1. The van der Waals surface area contributed by atoms with Crippen LogP contribution in [0.25, 0.3) is 0 Å². The van der Waals surface area contributed by atoms with E-state index in [1.54, 1.807) is 0 Å². The maximum atomic E-state index is 12.2. The fraction of sp³-hybridized carbons (Fsp3) is 0.556. The van der Waals surface area contributed by atoms with Crippen LogP contribution in [0.3, 0.4) is 0 Å². The Morgan fingerprint density at radius 1 is 1.12 bits per heavy atom. The highest BCUT2D eigenvalue weighted by Crippen LogP contribution is 2.31. The number of hydrogen-bond acceptors (Lipinski definition) is 4. The van der Waals surface area contributed by atoms with Crippen LogP contribution in [0.1, 0.15) is 31.2 Å². The summed E-state index contributed by atoms with van der Waals surface area (Å²) < 4.78 is 11.0. The van der Waals surface area contributed by atoms with Crippen molar-refractivity contribution in [1.82, 2.24) is 5.32 Å². The monoisotopic (exact) mass is 333 g/mol. The number of hydrogen-bond donors (Lipinski definition) is 2. The van der Waals surface area contributed by atoms with Gasteiger partial charge in [0.15, 0.2) is 11.5 Å². The molecule has 1 heterocycles. The SMILES string of the molecule is O=C(O)[C@H]1CCC[C@H](C(=O)NCCc2ccc3c(c2)OCCO3)C1. The van der Waals surface area contributed by atoms with E-state index >= 15 is 0 Å². The molecule has 2 N–H and O–H groups in total. The lowest BCUT2D eigenvalue weighted by atomic mass is 9.81. The zero-order valence-electron chi connectivity index (χ0n) is 13.6. The Morgan fingerprint density at radius 3 is 2.67 bits per heavy atom. The summed E-state index contributed by atoms with van der Waals surface area (Å²) in [6.07, 6.45) is 3.41. The van der Waals surface area contributed by atoms with Crippen molar-refractivity contribution in [3.8, 4) is 11.5 Å². The maximum absolute atomic E-state index is 12.2. The molecule has 1 saturated carbocycles. The maximum Gasteiger partial charge on any atom is 0.306 e. The molecule has 0 unspecified atom stereocenters. The molecule has 0 saturated heterocycles. The number of benzene rings is 1. The molecule has 1 fully saturated rings. The second-order valence-electron chi connectivity index (χ2n) is 6.42. The molecule has 1 amide bonds. The number of aliphatic carboxylic acids is 1. The van der Waals surface area contributed by atoms with Gasteiger partial charge < -0.3 is 19.9 Å². The Hall–Kier alpha value is -2.24. The van der Waals surface area contributed by atoms with Crippen LogP contribution in [0.4, 0.5) is 0 Å². The number of carboxylic acids is 1. The van der Waals surface area contributed by atoms with Crippen molar-refractivity contribution < 1.29 is 24.2 Å². The lowest BCUT2D eigenvalue weighted by Crippen LogP contribution is -2.36. The Kier molecular flexibility index (Phi) is 5.23. The lowest BCUT2D eigenvalue weighted by molar-refractivity contribution is -0.144. The molecule has 2 atom stereocenters. The first kappa shape index (κ1) is 16.6. The minimum absolute atomic E-state index is 0.0292. The van der Waals surface area contributed by atoms with E-state index in [-0.39, 0.29) is 17.7 Å². The molecule has 1 aromatic rings. The first-order valence-electron chi connectivity index (χ1n) is 8.52. The molecular weight excluding hydrogens is 310 g/mol. The number of carbonyl (C=O) groups excluding carboxylic acids is 1. The van der Waals surface area contributed by atoms with Crippen molar-refractivity contribution >= 4 is 11.9 Å². The van der Waals surface area contributed by atoms with E-state index < -0.39 is 5.97 Å². The van der Waals surface area contributed by atoms with Gasteiger partial charge in [-0.2, -0.15) is 0 Å². The summed E-state index contributed by atoms with van der Waals surface area (Å²) in [5.74, 6) is 0.132. The van der Waals surface area contributed by atoms with Gasteiger partial charge in [0.1, 0.15) is 13.2 Å². The van der Waals surface area contributed by atoms with E-state index in [4.69, 9.17) is 14.6 Å². The van der Waals surface area contributed by atoms with Gasteiger partial charge in [-0.1, -0.05) is 12.5 Å². The van der Waals surface area contributed by atoms with Gasteiger partial charge in [0.2, 0.25) is 5.91 Å². The predicted molar refractivity (Wildman–Crippen MR) is 87.2 cm³/mol. The fourth-order valence-electron chi connectivity index (χ4n) is 3.37. The molecule has 6 nitrogen and oxygen atoms in total. The molecule has 1 aromatic carbocycles. The lowest BCUT2D eigenvalue weighted by Gasteiger charge is -2.25. The largest absolute Gasteiger partial charge is 0.486 e. The summed E-state index contributed by atoms with van der Waals surface area (Å²) in [5.41, 5.74) is 1.08. The second-order valence-corrected chi connectivity index (χ2v) is 6.42. The van der Waals surface area contributed by atoms with E-state index in [1.165, 1.54) is 0 Å². The van der Waals surface area contributed by atoms with E-state index in [0.29, 0.717) is 39.0 Å². The van der Waals surface area contributed by atoms with Gasteiger partial charge in [-0.3, -0.25) is 9.59 Å².